The molecule has 0 radical (unpaired) electrons. The molecule has 0 unspecified atom stereocenters. The Bertz CT molecular complexity index is 1330. The number of carbonyl (C=O) groups is 2. The van der Waals surface area contributed by atoms with Gasteiger partial charge in [-0.25, -0.2) is 0 Å². The zero-order chi connectivity index (χ0) is 22.8. The van der Waals surface area contributed by atoms with Crippen molar-refractivity contribution in [2.24, 2.45) is 0 Å². The number of methoxy groups -OCH3 is 2. The van der Waals surface area contributed by atoms with Crippen molar-refractivity contribution < 1.29 is 19.1 Å². The first-order valence-electron chi connectivity index (χ1n) is 9.66. The molecule has 32 heavy (non-hydrogen) atoms. The van der Waals surface area contributed by atoms with Crippen molar-refractivity contribution in [2.45, 2.75) is 0 Å². The molecule has 2 aromatic carbocycles. The maximum Gasteiger partial charge on any atom is 0.260 e. The van der Waals surface area contributed by atoms with Gasteiger partial charge in [-0.2, -0.15) is 0 Å². The number of nitrogens with two attached hydrogens (primary N) is 1. The Hall–Kier alpha value is -3.97. The van der Waals surface area contributed by atoms with E-state index in [-0.39, 0.29) is 22.7 Å². The van der Waals surface area contributed by atoms with Crippen LogP contribution in [0.1, 0.15) is 26.4 Å². The molecule has 0 aliphatic heterocycles. The number of fused-ring (bicyclic) bond motifs is 1. The number of carbonyl (C=O) groups excluding carboxylic acids is 2. The summed E-state index contributed by atoms with van der Waals surface area (Å²) < 4.78 is 12.2. The fourth-order valence-electron chi connectivity index (χ4n) is 3.53. The van der Waals surface area contributed by atoms with Gasteiger partial charge in [0.2, 0.25) is 5.78 Å². The minimum absolute atomic E-state index is 0.0792. The Morgan fingerprint density at radius 1 is 1.00 bits per heavy atom. The first-order valence-corrected chi connectivity index (χ1v) is 10.0. The highest BCUT2D eigenvalue weighted by Crippen LogP contribution is 2.33. The first-order chi connectivity index (χ1) is 15.4. The van der Waals surface area contributed by atoms with Gasteiger partial charge in [0.25, 0.3) is 5.91 Å². The van der Waals surface area contributed by atoms with E-state index in [2.05, 4.69) is 5.32 Å². The SMILES string of the molecule is COc1ccc(OC)c(NC(=O)c2c(N)c(C(=O)c3ccc(Cl)cc3)n3ccccc23)c1. The van der Waals surface area contributed by atoms with E-state index in [0.29, 0.717) is 33.3 Å². The summed E-state index contributed by atoms with van der Waals surface area (Å²) in [5, 5.41) is 3.33. The Labute approximate surface area is 189 Å². The van der Waals surface area contributed by atoms with Crippen LogP contribution in [0.5, 0.6) is 11.5 Å². The van der Waals surface area contributed by atoms with Gasteiger partial charge in [0.1, 0.15) is 17.2 Å². The van der Waals surface area contributed by atoms with E-state index in [4.69, 9.17) is 26.8 Å². The quantitative estimate of drug-likeness (QED) is 0.417. The molecule has 0 bridgehead atoms. The number of halogens is 1. The number of pyridine rings is 1. The summed E-state index contributed by atoms with van der Waals surface area (Å²) in [6.07, 6.45) is 1.69. The largest absolute Gasteiger partial charge is 0.497 e. The van der Waals surface area contributed by atoms with Crippen molar-refractivity contribution in [3.63, 3.8) is 0 Å². The van der Waals surface area contributed by atoms with E-state index in [0.717, 1.165) is 0 Å². The minimum atomic E-state index is -0.479. The number of ether oxygens (including phenoxy) is 2. The number of nitrogen functional groups attached to an aromatic ring is 1. The molecule has 4 rings (SSSR count). The van der Waals surface area contributed by atoms with Crippen molar-refractivity contribution in [2.75, 3.05) is 25.3 Å². The van der Waals surface area contributed by atoms with Crippen LogP contribution in [0, 0.1) is 0 Å². The van der Waals surface area contributed by atoms with Crippen LogP contribution >= 0.6 is 11.6 Å². The Balaban J connectivity index is 1.81. The molecule has 8 heteroatoms. The number of rotatable bonds is 6. The van der Waals surface area contributed by atoms with Crippen LogP contribution in [0.4, 0.5) is 11.4 Å². The van der Waals surface area contributed by atoms with Crippen LogP contribution in [-0.2, 0) is 0 Å². The molecule has 0 saturated heterocycles. The molecule has 3 N–H and O–H groups in total. The van der Waals surface area contributed by atoms with Gasteiger partial charge in [0.15, 0.2) is 0 Å². The Morgan fingerprint density at radius 3 is 2.44 bits per heavy atom. The van der Waals surface area contributed by atoms with E-state index in [1.54, 1.807) is 71.3 Å². The minimum Gasteiger partial charge on any atom is -0.497 e. The van der Waals surface area contributed by atoms with Gasteiger partial charge in [-0.1, -0.05) is 17.7 Å². The first kappa shape index (κ1) is 21.3. The maximum atomic E-state index is 13.3. The number of benzene rings is 2. The van der Waals surface area contributed by atoms with Crippen LogP contribution < -0.4 is 20.5 Å². The zero-order valence-electron chi connectivity index (χ0n) is 17.4. The summed E-state index contributed by atoms with van der Waals surface area (Å²) in [6.45, 7) is 0. The summed E-state index contributed by atoms with van der Waals surface area (Å²) in [4.78, 5) is 26.6. The standard InChI is InChI=1S/C24H20ClN3O4/c1-31-16-10-11-19(32-2)17(13-16)27-24(30)20-18-5-3-4-12-28(18)22(21(20)26)23(29)14-6-8-15(25)9-7-14/h3-13H,26H2,1-2H3,(H,27,30). The molecule has 0 fully saturated rings. The molecule has 1 amide bonds. The number of anilines is 2. The van der Waals surface area contributed by atoms with Crippen molar-refractivity contribution >= 4 is 40.2 Å². The number of aromatic nitrogens is 1. The van der Waals surface area contributed by atoms with Gasteiger partial charge in [-0.15, -0.1) is 0 Å². The lowest BCUT2D eigenvalue weighted by molar-refractivity contribution is 0.102. The number of nitrogens with one attached hydrogen (secondary N) is 1. The fourth-order valence-corrected chi connectivity index (χ4v) is 3.66. The number of hydrogen-bond donors (Lipinski definition) is 2. The third kappa shape index (κ3) is 3.74. The molecule has 0 spiro atoms. The average Bonchev–Trinajstić information content (AvgIpc) is 3.10. The van der Waals surface area contributed by atoms with E-state index in [9.17, 15) is 9.59 Å². The third-order valence-corrected chi connectivity index (χ3v) is 5.34. The molecule has 7 nitrogen and oxygen atoms in total. The van der Waals surface area contributed by atoms with Crippen LogP contribution in [0.25, 0.3) is 5.52 Å². The molecule has 4 aromatic rings. The lowest BCUT2D eigenvalue weighted by atomic mass is 10.1. The lowest BCUT2D eigenvalue weighted by Crippen LogP contribution is -2.15. The molecule has 162 valence electrons. The molecule has 0 atom stereocenters. The van der Waals surface area contributed by atoms with Gasteiger partial charge < -0.3 is 24.9 Å². The maximum absolute atomic E-state index is 13.3. The highest BCUT2D eigenvalue weighted by Gasteiger charge is 2.26. The highest BCUT2D eigenvalue weighted by atomic mass is 35.5. The summed E-state index contributed by atoms with van der Waals surface area (Å²) in [5.41, 5.74) is 8.17. The fraction of sp³-hybridized carbons (Fsp3) is 0.0833. The third-order valence-electron chi connectivity index (χ3n) is 5.08. The topological polar surface area (TPSA) is 95.1 Å². The van der Waals surface area contributed by atoms with Crippen molar-refractivity contribution in [1.29, 1.82) is 0 Å². The van der Waals surface area contributed by atoms with Crippen LogP contribution in [0.15, 0.2) is 66.9 Å². The van der Waals surface area contributed by atoms with E-state index in [1.807, 2.05) is 0 Å². The predicted molar refractivity (Wildman–Crippen MR) is 124 cm³/mol. The summed E-state index contributed by atoms with van der Waals surface area (Å²) in [6, 6.07) is 16.8. The normalized spacial score (nSPS) is 10.7. The average molecular weight is 450 g/mol. The monoisotopic (exact) mass is 449 g/mol. The van der Waals surface area contributed by atoms with Crippen molar-refractivity contribution in [3.05, 3.63) is 88.7 Å². The van der Waals surface area contributed by atoms with Crippen molar-refractivity contribution in [3.8, 4) is 11.5 Å². The van der Waals surface area contributed by atoms with Gasteiger partial charge >= 0.3 is 0 Å². The van der Waals surface area contributed by atoms with Crippen LogP contribution in [-0.4, -0.2) is 30.3 Å². The van der Waals surface area contributed by atoms with Gasteiger partial charge in [-0.05, 0) is 48.5 Å². The summed E-state index contributed by atoms with van der Waals surface area (Å²) >= 11 is 5.94. The Morgan fingerprint density at radius 2 is 1.75 bits per heavy atom. The predicted octanol–water partition coefficient (Wildman–Crippen LogP) is 4.68. The number of amides is 1. The van der Waals surface area contributed by atoms with Crippen LogP contribution in [0.2, 0.25) is 5.02 Å². The summed E-state index contributed by atoms with van der Waals surface area (Å²) in [7, 11) is 3.03. The molecule has 0 aliphatic carbocycles. The molecular weight excluding hydrogens is 430 g/mol. The number of nitrogens with zero attached hydrogens (tertiary/aromatic N) is 1. The van der Waals surface area contributed by atoms with Gasteiger partial charge in [0, 0.05) is 22.8 Å². The number of hydrogen-bond acceptors (Lipinski definition) is 5. The molecule has 2 heterocycles. The van der Waals surface area contributed by atoms with E-state index in [1.165, 1.54) is 14.2 Å². The smallest absolute Gasteiger partial charge is 0.260 e. The van der Waals surface area contributed by atoms with E-state index < -0.39 is 5.91 Å². The molecule has 0 aliphatic rings. The highest BCUT2D eigenvalue weighted by molar-refractivity contribution is 6.30. The second-order valence-corrected chi connectivity index (χ2v) is 7.39. The van der Waals surface area contributed by atoms with Gasteiger partial charge in [0.05, 0.1) is 36.7 Å². The van der Waals surface area contributed by atoms with Crippen molar-refractivity contribution in [1.82, 2.24) is 4.40 Å². The van der Waals surface area contributed by atoms with Gasteiger partial charge in [-0.3, -0.25) is 9.59 Å². The molecule has 2 aromatic heterocycles. The Kier molecular flexibility index (Phi) is 5.75. The molecular formula is C24H20ClN3O4. The second kappa shape index (κ2) is 8.64. The summed E-state index contributed by atoms with van der Waals surface area (Å²) in [5.74, 6) is 0.208. The van der Waals surface area contributed by atoms with Crippen LogP contribution in [0.3, 0.4) is 0 Å². The zero-order valence-corrected chi connectivity index (χ0v) is 18.1. The molecule has 0 saturated carbocycles. The lowest BCUT2D eigenvalue weighted by Gasteiger charge is -2.12. The van der Waals surface area contributed by atoms with E-state index >= 15 is 0 Å². The second-order valence-electron chi connectivity index (χ2n) is 6.95. The number of ketones is 1.